The first kappa shape index (κ1) is 14.6. The fourth-order valence-corrected chi connectivity index (χ4v) is 2.88. The van der Waals surface area contributed by atoms with Crippen molar-refractivity contribution in [1.82, 2.24) is 4.98 Å². The van der Waals surface area contributed by atoms with Gasteiger partial charge in [-0.05, 0) is 37.3 Å². The second kappa shape index (κ2) is 7.12. The zero-order valence-electron chi connectivity index (χ0n) is 12.1. The van der Waals surface area contributed by atoms with Crippen molar-refractivity contribution in [3.8, 4) is 0 Å². The third kappa shape index (κ3) is 3.62. The van der Waals surface area contributed by atoms with Crippen LogP contribution < -0.4 is 10.6 Å². The molecule has 0 saturated carbocycles. The maximum atomic E-state index is 8.74. The van der Waals surface area contributed by atoms with E-state index in [1.165, 1.54) is 32.1 Å². The minimum atomic E-state index is 0.0607. The normalized spacial score (nSPS) is 20.8. The van der Waals surface area contributed by atoms with Crippen LogP contribution in [0.15, 0.2) is 23.4 Å². The fraction of sp³-hybridized carbons (Fsp3) is 0.600. The maximum Gasteiger partial charge on any atom is 0.188 e. The standard InChI is InChI=1S/C15H24N4O/c1-2-5-12-6-4-10-19(11-9-12)14-8-3-7-13(17-14)15(16)18-20/h3,7-8,12,20H,2,4-6,9-11H2,1H3,(H2,16,18). The van der Waals surface area contributed by atoms with Crippen molar-refractivity contribution in [2.75, 3.05) is 18.0 Å². The summed E-state index contributed by atoms with van der Waals surface area (Å²) in [4.78, 5) is 6.80. The van der Waals surface area contributed by atoms with Crippen LogP contribution in [0, 0.1) is 5.92 Å². The first-order valence-corrected chi connectivity index (χ1v) is 7.44. The summed E-state index contributed by atoms with van der Waals surface area (Å²) < 4.78 is 0. The first-order valence-electron chi connectivity index (χ1n) is 7.44. The third-order valence-corrected chi connectivity index (χ3v) is 3.97. The van der Waals surface area contributed by atoms with Crippen LogP contribution in [0.2, 0.25) is 0 Å². The molecule has 1 aromatic rings. The lowest BCUT2D eigenvalue weighted by Gasteiger charge is -2.22. The highest BCUT2D eigenvalue weighted by Crippen LogP contribution is 2.24. The van der Waals surface area contributed by atoms with Crippen molar-refractivity contribution < 1.29 is 5.21 Å². The summed E-state index contributed by atoms with van der Waals surface area (Å²) >= 11 is 0. The summed E-state index contributed by atoms with van der Waals surface area (Å²) in [5.41, 5.74) is 6.13. The first-order chi connectivity index (χ1) is 9.74. The molecule has 0 spiro atoms. The molecule has 1 atom stereocenters. The van der Waals surface area contributed by atoms with E-state index in [4.69, 9.17) is 10.9 Å². The molecule has 1 aliphatic heterocycles. The molecular formula is C15H24N4O. The van der Waals surface area contributed by atoms with Crippen molar-refractivity contribution >= 4 is 11.7 Å². The Balaban J connectivity index is 2.08. The summed E-state index contributed by atoms with van der Waals surface area (Å²) in [5.74, 6) is 1.83. The molecule has 2 rings (SSSR count). The molecule has 0 aliphatic carbocycles. The summed E-state index contributed by atoms with van der Waals surface area (Å²) in [6.07, 6.45) is 6.33. The van der Waals surface area contributed by atoms with Gasteiger partial charge in [0.25, 0.3) is 0 Å². The molecule has 0 radical (unpaired) electrons. The number of anilines is 1. The summed E-state index contributed by atoms with van der Waals surface area (Å²) in [6.45, 7) is 4.33. The minimum Gasteiger partial charge on any atom is -0.409 e. The molecule has 0 aromatic carbocycles. The molecule has 0 bridgehead atoms. The molecule has 0 amide bonds. The molecule has 1 aliphatic rings. The summed E-state index contributed by atoms with van der Waals surface area (Å²) in [5, 5.41) is 11.8. The molecule has 5 nitrogen and oxygen atoms in total. The fourth-order valence-electron chi connectivity index (χ4n) is 2.88. The second-order valence-corrected chi connectivity index (χ2v) is 5.44. The van der Waals surface area contributed by atoms with Gasteiger partial charge in [0.1, 0.15) is 11.5 Å². The Morgan fingerprint density at radius 2 is 2.30 bits per heavy atom. The van der Waals surface area contributed by atoms with Crippen LogP contribution >= 0.6 is 0 Å². The number of oxime groups is 1. The van der Waals surface area contributed by atoms with Gasteiger partial charge in [-0.25, -0.2) is 4.98 Å². The van der Waals surface area contributed by atoms with Gasteiger partial charge >= 0.3 is 0 Å². The quantitative estimate of drug-likeness (QED) is 0.383. The van der Waals surface area contributed by atoms with E-state index in [1.807, 2.05) is 12.1 Å². The maximum absolute atomic E-state index is 8.74. The minimum absolute atomic E-state index is 0.0607. The molecule has 1 unspecified atom stereocenters. The zero-order valence-corrected chi connectivity index (χ0v) is 12.1. The SMILES string of the molecule is CCCC1CCCN(c2cccc(C(N)=NO)n2)CC1. The van der Waals surface area contributed by atoms with Gasteiger partial charge in [0, 0.05) is 13.1 Å². The highest BCUT2D eigenvalue weighted by molar-refractivity contribution is 5.95. The molecule has 110 valence electrons. The smallest absolute Gasteiger partial charge is 0.188 e. The van der Waals surface area contributed by atoms with Gasteiger partial charge in [-0.2, -0.15) is 0 Å². The lowest BCUT2D eigenvalue weighted by molar-refractivity contribution is 0.318. The van der Waals surface area contributed by atoms with Gasteiger partial charge in [-0.1, -0.05) is 31.0 Å². The van der Waals surface area contributed by atoms with Crippen LogP contribution in [-0.4, -0.2) is 29.1 Å². The number of hydrogen-bond donors (Lipinski definition) is 2. The van der Waals surface area contributed by atoms with E-state index >= 15 is 0 Å². The number of nitrogens with two attached hydrogens (primary N) is 1. The predicted molar refractivity (Wildman–Crippen MR) is 81.2 cm³/mol. The zero-order chi connectivity index (χ0) is 14.4. The molecule has 1 saturated heterocycles. The highest BCUT2D eigenvalue weighted by Gasteiger charge is 2.17. The average Bonchev–Trinajstić information content (AvgIpc) is 2.73. The van der Waals surface area contributed by atoms with Crippen molar-refractivity contribution in [3.05, 3.63) is 23.9 Å². The van der Waals surface area contributed by atoms with Crippen molar-refractivity contribution in [3.63, 3.8) is 0 Å². The molecule has 1 aromatic heterocycles. The molecular weight excluding hydrogens is 252 g/mol. The van der Waals surface area contributed by atoms with Gasteiger partial charge < -0.3 is 15.8 Å². The number of aromatic nitrogens is 1. The van der Waals surface area contributed by atoms with E-state index in [0.717, 1.165) is 24.8 Å². The van der Waals surface area contributed by atoms with Gasteiger partial charge in [-0.3, -0.25) is 0 Å². The van der Waals surface area contributed by atoms with Crippen LogP contribution in [0.25, 0.3) is 0 Å². The van der Waals surface area contributed by atoms with Crippen LogP contribution in [0.3, 0.4) is 0 Å². The van der Waals surface area contributed by atoms with E-state index in [1.54, 1.807) is 6.07 Å². The second-order valence-electron chi connectivity index (χ2n) is 5.44. The Kier molecular flexibility index (Phi) is 5.21. The van der Waals surface area contributed by atoms with Gasteiger partial charge in [0.2, 0.25) is 0 Å². The van der Waals surface area contributed by atoms with E-state index < -0.39 is 0 Å². The van der Waals surface area contributed by atoms with E-state index in [2.05, 4.69) is 22.0 Å². The molecule has 2 heterocycles. The van der Waals surface area contributed by atoms with Crippen molar-refractivity contribution in [2.45, 2.75) is 39.0 Å². The summed E-state index contributed by atoms with van der Waals surface area (Å²) in [7, 11) is 0. The predicted octanol–water partition coefficient (Wildman–Crippen LogP) is 2.58. The van der Waals surface area contributed by atoms with Gasteiger partial charge in [-0.15, -0.1) is 0 Å². The molecule has 1 fully saturated rings. The third-order valence-electron chi connectivity index (χ3n) is 3.97. The Morgan fingerprint density at radius 1 is 1.45 bits per heavy atom. The van der Waals surface area contributed by atoms with E-state index in [-0.39, 0.29) is 5.84 Å². The Morgan fingerprint density at radius 3 is 3.05 bits per heavy atom. The largest absolute Gasteiger partial charge is 0.409 e. The Labute approximate surface area is 120 Å². The van der Waals surface area contributed by atoms with Crippen molar-refractivity contribution in [2.24, 2.45) is 16.8 Å². The van der Waals surface area contributed by atoms with E-state index in [0.29, 0.717) is 5.69 Å². The van der Waals surface area contributed by atoms with Crippen molar-refractivity contribution in [1.29, 1.82) is 0 Å². The summed E-state index contributed by atoms with van der Waals surface area (Å²) in [6, 6.07) is 5.66. The monoisotopic (exact) mass is 276 g/mol. The number of hydrogen-bond acceptors (Lipinski definition) is 4. The topological polar surface area (TPSA) is 74.7 Å². The lowest BCUT2D eigenvalue weighted by atomic mass is 9.96. The van der Waals surface area contributed by atoms with Gasteiger partial charge in [0.15, 0.2) is 5.84 Å². The van der Waals surface area contributed by atoms with Crippen LogP contribution in [0.4, 0.5) is 5.82 Å². The van der Waals surface area contributed by atoms with Crippen LogP contribution in [0.5, 0.6) is 0 Å². The number of nitrogens with zero attached hydrogens (tertiary/aromatic N) is 3. The average molecular weight is 276 g/mol. The number of pyridine rings is 1. The van der Waals surface area contributed by atoms with Crippen LogP contribution in [0.1, 0.15) is 44.7 Å². The molecule has 3 N–H and O–H groups in total. The molecule has 20 heavy (non-hydrogen) atoms. The highest BCUT2D eigenvalue weighted by atomic mass is 16.4. The van der Waals surface area contributed by atoms with Crippen LogP contribution in [-0.2, 0) is 0 Å². The van der Waals surface area contributed by atoms with Gasteiger partial charge in [0.05, 0.1) is 0 Å². The Hall–Kier alpha value is -1.78. The lowest BCUT2D eigenvalue weighted by Crippen LogP contribution is -2.26. The van der Waals surface area contributed by atoms with E-state index in [9.17, 15) is 0 Å². The Bertz CT molecular complexity index is 461. The molecule has 5 heteroatoms. The number of amidine groups is 1. The number of rotatable bonds is 4.